The van der Waals surface area contributed by atoms with Crippen LogP contribution in [0.15, 0.2) is 42.5 Å². The number of nitrogens with one attached hydrogen (secondary N) is 1. The van der Waals surface area contributed by atoms with Gasteiger partial charge in [0.2, 0.25) is 0 Å². The van der Waals surface area contributed by atoms with Gasteiger partial charge in [-0.1, -0.05) is 41.4 Å². The summed E-state index contributed by atoms with van der Waals surface area (Å²) < 4.78 is 13.4. The highest BCUT2D eigenvalue weighted by atomic mass is 35.5. The van der Waals surface area contributed by atoms with Crippen molar-refractivity contribution in [3.05, 3.63) is 63.9 Å². The van der Waals surface area contributed by atoms with Gasteiger partial charge in [-0.15, -0.1) is 0 Å². The second kappa shape index (κ2) is 7.58. The third-order valence-corrected chi connectivity index (χ3v) is 3.82. The van der Waals surface area contributed by atoms with Crippen molar-refractivity contribution in [1.29, 1.82) is 0 Å². The summed E-state index contributed by atoms with van der Waals surface area (Å²) in [6, 6.07) is 11.3. The maximum absolute atomic E-state index is 13.4. The molecule has 2 rings (SSSR count). The Labute approximate surface area is 138 Å². The molecule has 0 bridgehead atoms. The Morgan fingerprint density at radius 2 is 2.00 bits per heavy atom. The molecule has 0 spiro atoms. The van der Waals surface area contributed by atoms with Gasteiger partial charge in [0.1, 0.15) is 11.9 Å². The zero-order chi connectivity index (χ0) is 16.1. The number of anilines is 1. The van der Waals surface area contributed by atoms with E-state index >= 15 is 0 Å². The van der Waals surface area contributed by atoms with E-state index in [1.165, 1.54) is 12.1 Å². The quantitative estimate of drug-likeness (QED) is 0.860. The SMILES string of the molecule is C[C@@H]([NH2+]CC(=O)Nc1ccccc1F)c1ccc(Cl)cc1Cl. The molecule has 0 heterocycles. The van der Waals surface area contributed by atoms with Crippen LogP contribution in [-0.2, 0) is 4.79 Å². The minimum absolute atomic E-state index is 0.0175. The molecule has 2 aromatic rings. The largest absolute Gasteiger partial charge is 0.332 e. The van der Waals surface area contributed by atoms with Crippen LogP contribution in [-0.4, -0.2) is 12.5 Å². The molecule has 0 fully saturated rings. The third kappa shape index (κ3) is 4.44. The van der Waals surface area contributed by atoms with Crippen LogP contribution in [0.4, 0.5) is 10.1 Å². The number of amides is 1. The Hall–Kier alpha value is -1.62. The van der Waals surface area contributed by atoms with Gasteiger partial charge in [-0.2, -0.15) is 0 Å². The van der Waals surface area contributed by atoms with Crippen LogP contribution in [0.25, 0.3) is 0 Å². The van der Waals surface area contributed by atoms with Crippen molar-refractivity contribution < 1.29 is 14.5 Å². The summed E-state index contributed by atoms with van der Waals surface area (Å²) in [6.07, 6.45) is 0. The molecule has 6 heteroatoms. The molecule has 0 aliphatic carbocycles. The van der Waals surface area contributed by atoms with Gasteiger partial charge >= 0.3 is 0 Å². The van der Waals surface area contributed by atoms with Crippen LogP contribution in [0, 0.1) is 5.82 Å². The lowest BCUT2D eigenvalue weighted by atomic mass is 10.1. The second-order valence-corrected chi connectivity index (χ2v) is 5.77. The molecule has 0 aliphatic rings. The normalized spacial score (nSPS) is 12.0. The maximum atomic E-state index is 13.4. The van der Waals surface area contributed by atoms with Crippen LogP contribution in [0.3, 0.4) is 0 Å². The zero-order valence-electron chi connectivity index (χ0n) is 11.9. The Morgan fingerprint density at radius 1 is 1.27 bits per heavy atom. The van der Waals surface area contributed by atoms with E-state index in [9.17, 15) is 9.18 Å². The molecule has 22 heavy (non-hydrogen) atoms. The first-order chi connectivity index (χ1) is 10.5. The van der Waals surface area contributed by atoms with Crippen LogP contribution in [0.2, 0.25) is 10.0 Å². The molecule has 0 saturated heterocycles. The van der Waals surface area contributed by atoms with Crippen molar-refractivity contribution in [1.82, 2.24) is 0 Å². The molecule has 1 amide bonds. The number of rotatable bonds is 5. The van der Waals surface area contributed by atoms with Gasteiger partial charge in [0, 0.05) is 10.6 Å². The predicted molar refractivity (Wildman–Crippen MR) is 86.7 cm³/mol. The van der Waals surface area contributed by atoms with Gasteiger partial charge in [0.05, 0.1) is 10.7 Å². The number of para-hydroxylation sites is 1. The van der Waals surface area contributed by atoms with E-state index in [2.05, 4.69) is 5.32 Å². The molecule has 116 valence electrons. The van der Waals surface area contributed by atoms with Gasteiger partial charge in [0.25, 0.3) is 5.91 Å². The summed E-state index contributed by atoms with van der Waals surface area (Å²) in [5.74, 6) is -0.730. The highest BCUT2D eigenvalue weighted by Gasteiger charge is 2.15. The highest BCUT2D eigenvalue weighted by Crippen LogP contribution is 2.24. The molecule has 0 aliphatic heterocycles. The molecular formula is C16H16Cl2FN2O+. The number of benzene rings is 2. The average molecular weight is 342 g/mol. The highest BCUT2D eigenvalue weighted by molar-refractivity contribution is 6.35. The lowest BCUT2D eigenvalue weighted by molar-refractivity contribution is -0.682. The molecule has 0 saturated carbocycles. The summed E-state index contributed by atoms with van der Waals surface area (Å²) >= 11 is 12.0. The Bertz CT molecular complexity index is 679. The number of hydrogen-bond donors (Lipinski definition) is 2. The fourth-order valence-corrected chi connectivity index (χ4v) is 2.63. The lowest BCUT2D eigenvalue weighted by Gasteiger charge is -2.13. The minimum atomic E-state index is -0.454. The standard InChI is InChI=1S/C16H15Cl2FN2O/c1-10(12-7-6-11(17)8-13(12)18)20-9-16(22)21-15-5-3-2-4-14(15)19/h2-8,10,20H,9H2,1H3,(H,21,22)/p+1/t10-/m1/s1. The fraction of sp³-hybridized carbons (Fsp3) is 0.188. The fourth-order valence-electron chi connectivity index (χ4n) is 2.05. The van der Waals surface area contributed by atoms with Gasteiger partial charge in [-0.3, -0.25) is 4.79 Å². The Kier molecular flexibility index (Phi) is 5.77. The van der Waals surface area contributed by atoms with E-state index in [1.807, 2.05) is 18.3 Å². The van der Waals surface area contributed by atoms with Crippen molar-refractivity contribution in [3.63, 3.8) is 0 Å². The summed E-state index contributed by atoms with van der Waals surface area (Å²) in [5, 5.41) is 5.49. The molecule has 2 aromatic carbocycles. The summed E-state index contributed by atoms with van der Waals surface area (Å²) in [4.78, 5) is 11.9. The molecule has 0 aromatic heterocycles. The lowest BCUT2D eigenvalue weighted by Crippen LogP contribution is -2.86. The smallest absolute Gasteiger partial charge is 0.279 e. The topological polar surface area (TPSA) is 45.7 Å². The van der Waals surface area contributed by atoms with Crippen LogP contribution in [0.1, 0.15) is 18.5 Å². The van der Waals surface area contributed by atoms with E-state index < -0.39 is 5.82 Å². The minimum Gasteiger partial charge on any atom is -0.332 e. The predicted octanol–water partition coefficient (Wildman–Crippen LogP) is 3.40. The van der Waals surface area contributed by atoms with E-state index in [-0.39, 0.29) is 24.2 Å². The van der Waals surface area contributed by atoms with Crippen molar-refractivity contribution in [3.8, 4) is 0 Å². The number of carbonyl (C=O) groups excluding carboxylic acids is 1. The van der Waals surface area contributed by atoms with Crippen molar-refractivity contribution in [2.24, 2.45) is 0 Å². The van der Waals surface area contributed by atoms with E-state index in [0.717, 1.165) is 5.56 Å². The number of hydrogen-bond acceptors (Lipinski definition) is 1. The first kappa shape index (κ1) is 16.7. The van der Waals surface area contributed by atoms with E-state index in [0.29, 0.717) is 10.0 Å². The summed E-state index contributed by atoms with van der Waals surface area (Å²) in [6.45, 7) is 2.10. The number of carbonyl (C=O) groups is 1. The monoisotopic (exact) mass is 341 g/mol. The van der Waals surface area contributed by atoms with Crippen LogP contribution >= 0.6 is 23.2 Å². The maximum Gasteiger partial charge on any atom is 0.279 e. The van der Waals surface area contributed by atoms with Gasteiger partial charge in [0.15, 0.2) is 6.54 Å². The second-order valence-electron chi connectivity index (χ2n) is 4.92. The molecule has 1 atom stereocenters. The first-order valence-corrected chi connectivity index (χ1v) is 7.55. The number of quaternary nitrogens is 1. The van der Waals surface area contributed by atoms with Crippen molar-refractivity contribution >= 4 is 34.8 Å². The van der Waals surface area contributed by atoms with Gasteiger partial charge < -0.3 is 10.6 Å². The molecular weight excluding hydrogens is 326 g/mol. The molecule has 3 nitrogen and oxygen atoms in total. The molecule has 3 N–H and O–H groups in total. The third-order valence-electron chi connectivity index (χ3n) is 3.26. The zero-order valence-corrected chi connectivity index (χ0v) is 13.5. The van der Waals surface area contributed by atoms with E-state index in [4.69, 9.17) is 23.2 Å². The number of halogens is 3. The number of nitrogens with two attached hydrogens (primary N) is 1. The van der Waals surface area contributed by atoms with Crippen LogP contribution in [0.5, 0.6) is 0 Å². The molecule has 0 unspecified atom stereocenters. The van der Waals surface area contributed by atoms with Crippen molar-refractivity contribution in [2.45, 2.75) is 13.0 Å². The van der Waals surface area contributed by atoms with Gasteiger partial charge in [-0.05, 0) is 31.2 Å². The average Bonchev–Trinajstić information content (AvgIpc) is 2.47. The van der Waals surface area contributed by atoms with Gasteiger partial charge in [-0.25, -0.2) is 4.39 Å². The first-order valence-electron chi connectivity index (χ1n) is 6.80. The molecule has 0 radical (unpaired) electrons. The Morgan fingerprint density at radius 3 is 2.68 bits per heavy atom. The van der Waals surface area contributed by atoms with Crippen molar-refractivity contribution in [2.75, 3.05) is 11.9 Å². The summed E-state index contributed by atoms with van der Waals surface area (Å²) in [7, 11) is 0. The van der Waals surface area contributed by atoms with E-state index in [1.54, 1.807) is 24.3 Å². The Balaban J connectivity index is 1.92. The van der Waals surface area contributed by atoms with Crippen LogP contribution < -0.4 is 10.6 Å². The summed E-state index contributed by atoms with van der Waals surface area (Å²) in [5.41, 5.74) is 1.07.